The maximum Gasteiger partial charge on any atom is 0.314 e. The summed E-state index contributed by atoms with van der Waals surface area (Å²) in [6.45, 7) is 0. The minimum Gasteiger partial charge on any atom is -0.426 e. The van der Waals surface area contributed by atoms with Crippen LogP contribution in [0.15, 0.2) is 30.1 Å². The van der Waals surface area contributed by atoms with E-state index in [9.17, 15) is 13.6 Å². The number of esters is 1. The van der Waals surface area contributed by atoms with Gasteiger partial charge in [-0.15, -0.1) is 0 Å². The summed E-state index contributed by atoms with van der Waals surface area (Å²) in [6.07, 6.45) is 5.62. The van der Waals surface area contributed by atoms with Crippen molar-refractivity contribution in [1.29, 1.82) is 10.5 Å². The van der Waals surface area contributed by atoms with Crippen LogP contribution in [0.1, 0.15) is 44.1 Å². The van der Waals surface area contributed by atoms with Gasteiger partial charge in [0.2, 0.25) is 0 Å². The van der Waals surface area contributed by atoms with Gasteiger partial charge in [-0.25, -0.2) is 4.39 Å². The topological polar surface area (TPSA) is 73.9 Å². The van der Waals surface area contributed by atoms with Crippen molar-refractivity contribution in [3.8, 4) is 17.9 Å². The molecule has 0 unspecified atom stereocenters. The van der Waals surface area contributed by atoms with Crippen LogP contribution in [0.5, 0.6) is 5.75 Å². The van der Waals surface area contributed by atoms with Gasteiger partial charge in [0.15, 0.2) is 5.83 Å². The highest BCUT2D eigenvalue weighted by Crippen LogP contribution is 2.33. The lowest BCUT2D eigenvalue weighted by atomic mass is 9.80. The van der Waals surface area contributed by atoms with Gasteiger partial charge in [-0.05, 0) is 62.7 Å². The molecule has 0 saturated heterocycles. The van der Waals surface area contributed by atoms with Crippen molar-refractivity contribution in [1.82, 2.24) is 0 Å². The fourth-order valence-corrected chi connectivity index (χ4v) is 3.03. The van der Waals surface area contributed by atoms with E-state index in [2.05, 4.69) is 0 Å². The Morgan fingerprint density at radius 2 is 2.00 bits per heavy atom. The van der Waals surface area contributed by atoms with E-state index in [1.54, 1.807) is 6.07 Å². The van der Waals surface area contributed by atoms with Gasteiger partial charge in [-0.1, -0.05) is 0 Å². The molecule has 0 aromatic heterocycles. The second kappa shape index (κ2) is 8.94. The summed E-state index contributed by atoms with van der Waals surface area (Å²) >= 11 is 0. The second-order valence-electron chi connectivity index (χ2n) is 6.13. The molecular weight excluding hydrogens is 326 g/mol. The molecule has 25 heavy (non-hydrogen) atoms. The van der Waals surface area contributed by atoms with E-state index in [-0.39, 0.29) is 17.2 Å². The molecule has 1 fully saturated rings. The maximum absolute atomic E-state index is 13.5. The molecule has 1 aromatic carbocycles. The number of nitrogens with zero attached hydrogens (tertiary/aromatic N) is 2. The van der Waals surface area contributed by atoms with Gasteiger partial charge in [-0.2, -0.15) is 14.9 Å². The molecule has 6 heteroatoms. The summed E-state index contributed by atoms with van der Waals surface area (Å²) in [5.74, 6) is -1.60. The number of nitriles is 2. The van der Waals surface area contributed by atoms with Gasteiger partial charge in [0, 0.05) is 6.07 Å². The number of rotatable bonds is 5. The molecule has 0 atom stereocenters. The molecular formula is C19H18F2N2O2. The zero-order chi connectivity index (χ0) is 18.2. The van der Waals surface area contributed by atoms with Crippen LogP contribution in [0.25, 0.3) is 0 Å². The first-order valence-electron chi connectivity index (χ1n) is 8.20. The highest BCUT2D eigenvalue weighted by molar-refractivity contribution is 5.75. The van der Waals surface area contributed by atoms with E-state index < -0.39 is 17.6 Å². The summed E-state index contributed by atoms with van der Waals surface area (Å²) < 4.78 is 31.5. The molecule has 0 spiro atoms. The van der Waals surface area contributed by atoms with Crippen LogP contribution in [0.3, 0.4) is 0 Å². The molecule has 0 aliphatic heterocycles. The lowest BCUT2D eigenvalue weighted by Crippen LogP contribution is -2.25. The first kappa shape index (κ1) is 18.6. The van der Waals surface area contributed by atoms with E-state index >= 15 is 0 Å². The normalized spacial score (nSPS) is 20.4. The van der Waals surface area contributed by atoms with Crippen molar-refractivity contribution in [2.75, 3.05) is 0 Å². The highest BCUT2D eigenvalue weighted by Gasteiger charge is 2.27. The number of allylic oxidation sites excluding steroid dienone is 2. The van der Waals surface area contributed by atoms with E-state index in [0.717, 1.165) is 25.3 Å². The molecule has 1 aromatic rings. The summed E-state index contributed by atoms with van der Waals surface area (Å²) in [7, 11) is 0. The average molecular weight is 344 g/mol. The van der Waals surface area contributed by atoms with E-state index in [4.69, 9.17) is 15.3 Å². The molecule has 1 saturated carbocycles. The maximum atomic E-state index is 13.5. The number of carbonyl (C=O) groups excluding carboxylic acids is 1. The Hall–Kier alpha value is -2.73. The van der Waals surface area contributed by atoms with Crippen LogP contribution < -0.4 is 4.74 Å². The SMILES string of the molecule is N#C/C(F)=C\CCC1CCC(C(=O)Oc2ccc(C#N)c(F)c2)CC1. The van der Waals surface area contributed by atoms with Crippen LogP contribution in [-0.2, 0) is 4.79 Å². The Morgan fingerprint density at radius 3 is 2.60 bits per heavy atom. The lowest BCUT2D eigenvalue weighted by Gasteiger charge is -2.26. The summed E-state index contributed by atoms with van der Waals surface area (Å²) in [5, 5.41) is 17.0. The van der Waals surface area contributed by atoms with Gasteiger partial charge >= 0.3 is 5.97 Å². The Kier molecular flexibility index (Phi) is 6.65. The molecule has 0 heterocycles. The fraction of sp³-hybridized carbons (Fsp3) is 0.421. The minimum atomic E-state index is -0.757. The van der Waals surface area contributed by atoms with Gasteiger partial charge in [0.1, 0.15) is 23.7 Å². The van der Waals surface area contributed by atoms with Gasteiger partial charge in [-0.3, -0.25) is 4.79 Å². The molecule has 0 N–H and O–H groups in total. The number of benzene rings is 1. The summed E-state index contributed by atoms with van der Waals surface area (Å²) in [5.41, 5.74) is -0.0952. The average Bonchev–Trinajstić information content (AvgIpc) is 2.62. The molecule has 0 radical (unpaired) electrons. The van der Waals surface area contributed by atoms with E-state index in [1.807, 2.05) is 0 Å². The van der Waals surface area contributed by atoms with Crippen LogP contribution in [0, 0.1) is 40.3 Å². The molecule has 4 nitrogen and oxygen atoms in total. The summed E-state index contributed by atoms with van der Waals surface area (Å²) in [6, 6.07) is 6.88. The Bertz CT molecular complexity index is 739. The third-order valence-corrected chi connectivity index (χ3v) is 4.46. The van der Waals surface area contributed by atoms with E-state index in [1.165, 1.54) is 24.3 Å². The molecule has 0 bridgehead atoms. The van der Waals surface area contributed by atoms with Gasteiger partial charge in [0.05, 0.1) is 11.5 Å². The predicted molar refractivity (Wildman–Crippen MR) is 86.2 cm³/mol. The van der Waals surface area contributed by atoms with Crippen molar-refractivity contribution in [3.63, 3.8) is 0 Å². The Balaban J connectivity index is 1.80. The minimum absolute atomic E-state index is 0.0952. The number of carbonyl (C=O) groups is 1. The first-order chi connectivity index (χ1) is 12.0. The van der Waals surface area contributed by atoms with Crippen molar-refractivity contribution < 1.29 is 18.3 Å². The molecule has 1 aliphatic carbocycles. The molecule has 1 aliphatic rings. The zero-order valence-corrected chi connectivity index (χ0v) is 13.7. The fourth-order valence-electron chi connectivity index (χ4n) is 3.03. The zero-order valence-electron chi connectivity index (χ0n) is 13.7. The highest BCUT2D eigenvalue weighted by atomic mass is 19.1. The van der Waals surface area contributed by atoms with Crippen LogP contribution in [0.2, 0.25) is 0 Å². The molecule has 0 amide bonds. The van der Waals surface area contributed by atoms with Gasteiger partial charge < -0.3 is 4.74 Å². The Morgan fingerprint density at radius 1 is 1.28 bits per heavy atom. The largest absolute Gasteiger partial charge is 0.426 e. The molecule has 130 valence electrons. The van der Waals surface area contributed by atoms with Crippen molar-refractivity contribution >= 4 is 5.97 Å². The third-order valence-electron chi connectivity index (χ3n) is 4.46. The standard InChI is InChI=1S/C19H18F2N2O2/c20-16(12-23)3-1-2-13-4-6-14(7-5-13)19(24)25-17-9-8-15(11-22)18(21)10-17/h3,8-10,13-14H,1-2,4-7H2/b16-3+. The monoisotopic (exact) mass is 344 g/mol. The number of hydrogen-bond acceptors (Lipinski definition) is 4. The number of hydrogen-bond donors (Lipinski definition) is 0. The lowest BCUT2D eigenvalue weighted by molar-refractivity contribution is -0.140. The first-order valence-corrected chi connectivity index (χ1v) is 8.20. The second-order valence-corrected chi connectivity index (χ2v) is 6.13. The number of halogens is 2. The third kappa shape index (κ3) is 5.39. The van der Waals surface area contributed by atoms with Crippen LogP contribution >= 0.6 is 0 Å². The Labute approximate surface area is 145 Å². The van der Waals surface area contributed by atoms with Crippen molar-refractivity contribution in [2.45, 2.75) is 38.5 Å². The quantitative estimate of drug-likeness (QED) is 0.446. The number of ether oxygens (including phenoxy) is 1. The van der Waals surface area contributed by atoms with Gasteiger partial charge in [0.25, 0.3) is 0 Å². The van der Waals surface area contributed by atoms with E-state index in [0.29, 0.717) is 25.2 Å². The van der Waals surface area contributed by atoms with Crippen LogP contribution in [-0.4, -0.2) is 5.97 Å². The smallest absolute Gasteiger partial charge is 0.314 e. The van der Waals surface area contributed by atoms with Crippen molar-refractivity contribution in [2.24, 2.45) is 11.8 Å². The molecule has 2 rings (SSSR count). The van der Waals surface area contributed by atoms with Crippen LogP contribution in [0.4, 0.5) is 8.78 Å². The summed E-state index contributed by atoms with van der Waals surface area (Å²) in [4.78, 5) is 12.2. The predicted octanol–water partition coefficient (Wildman–Crippen LogP) is 4.57. The van der Waals surface area contributed by atoms with Crippen molar-refractivity contribution in [3.05, 3.63) is 41.5 Å².